The average molecular weight is 363 g/mol. The molecule has 5 heteroatoms. The topological polar surface area (TPSA) is 12.0 Å². The zero-order chi connectivity index (χ0) is 15.4. The maximum atomic E-state index is 6.23. The number of halogens is 4. The lowest BCUT2D eigenvalue weighted by molar-refractivity contribution is 0.556. The Morgan fingerprint density at radius 3 is 2.24 bits per heavy atom. The van der Waals surface area contributed by atoms with Crippen molar-refractivity contribution in [2.75, 3.05) is 7.05 Å². The zero-order valence-electron chi connectivity index (χ0n) is 11.5. The molecule has 0 aliphatic carbocycles. The molecule has 0 aliphatic rings. The van der Waals surface area contributed by atoms with Crippen LogP contribution in [0.4, 0.5) is 0 Å². The third kappa shape index (κ3) is 4.77. The molecule has 2 aromatic carbocycles. The molecule has 2 aromatic rings. The highest BCUT2D eigenvalue weighted by molar-refractivity contribution is 6.42. The fourth-order valence-electron chi connectivity index (χ4n) is 2.18. The van der Waals surface area contributed by atoms with E-state index in [-0.39, 0.29) is 6.04 Å². The van der Waals surface area contributed by atoms with Crippen LogP contribution < -0.4 is 5.32 Å². The Bertz CT molecular complexity index is 628. The van der Waals surface area contributed by atoms with Crippen molar-refractivity contribution >= 4 is 46.4 Å². The molecule has 0 fully saturated rings. The second kappa shape index (κ2) is 7.71. The van der Waals surface area contributed by atoms with Crippen LogP contribution in [0.3, 0.4) is 0 Å². The lowest BCUT2D eigenvalue weighted by atomic mass is 9.99. The van der Waals surface area contributed by atoms with Crippen LogP contribution in [0.25, 0.3) is 0 Å². The molecule has 0 saturated heterocycles. The van der Waals surface area contributed by atoms with E-state index in [0.29, 0.717) is 20.1 Å². The van der Waals surface area contributed by atoms with Gasteiger partial charge in [-0.3, -0.25) is 0 Å². The molecule has 0 aromatic heterocycles. The fraction of sp³-hybridized carbons (Fsp3) is 0.250. The van der Waals surface area contributed by atoms with E-state index in [0.717, 1.165) is 24.0 Å². The van der Waals surface area contributed by atoms with Gasteiger partial charge in [0, 0.05) is 16.1 Å². The molecule has 0 amide bonds. The van der Waals surface area contributed by atoms with Crippen LogP contribution >= 0.6 is 46.4 Å². The second-order valence-corrected chi connectivity index (χ2v) is 6.54. The summed E-state index contributed by atoms with van der Waals surface area (Å²) in [6.07, 6.45) is 1.65. The molecule has 1 unspecified atom stereocenters. The van der Waals surface area contributed by atoms with Crippen molar-refractivity contribution in [2.24, 2.45) is 0 Å². The molecule has 1 N–H and O–H groups in total. The van der Waals surface area contributed by atoms with Crippen molar-refractivity contribution in [1.29, 1.82) is 0 Å². The van der Waals surface area contributed by atoms with Crippen LogP contribution in [0.5, 0.6) is 0 Å². The number of nitrogens with one attached hydrogen (secondary N) is 1. The summed E-state index contributed by atoms with van der Waals surface area (Å²) in [5, 5.41) is 5.80. The zero-order valence-corrected chi connectivity index (χ0v) is 14.5. The second-order valence-electron chi connectivity index (χ2n) is 4.88. The number of likely N-dealkylation sites (N-methyl/N-ethyl adjacent to an activating group) is 1. The standard InChI is InChI=1S/C16H15Cl4N/c1-21-13(6-10-2-5-14(18)16(20)7-10)8-11-3-4-12(17)9-15(11)19/h2-5,7,9,13,21H,6,8H2,1H3. The largest absolute Gasteiger partial charge is 0.316 e. The van der Waals surface area contributed by atoms with E-state index in [4.69, 9.17) is 46.4 Å². The van der Waals surface area contributed by atoms with E-state index < -0.39 is 0 Å². The van der Waals surface area contributed by atoms with Crippen LogP contribution in [0.2, 0.25) is 20.1 Å². The molecule has 2 rings (SSSR count). The van der Waals surface area contributed by atoms with Gasteiger partial charge in [-0.15, -0.1) is 0 Å². The van der Waals surface area contributed by atoms with Crippen LogP contribution in [-0.2, 0) is 12.8 Å². The van der Waals surface area contributed by atoms with Crippen molar-refractivity contribution < 1.29 is 0 Å². The molecule has 0 saturated carbocycles. The fourth-order valence-corrected chi connectivity index (χ4v) is 2.99. The maximum absolute atomic E-state index is 6.23. The average Bonchev–Trinajstić information content (AvgIpc) is 2.44. The first-order valence-corrected chi connectivity index (χ1v) is 8.06. The lowest BCUT2D eigenvalue weighted by Crippen LogP contribution is -2.30. The highest BCUT2D eigenvalue weighted by Gasteiger charge is 2.12. The van der Waals surface area contributed by atoms with Crippen LogP contribution in [0.15, 0.2) is 36.4 Å². The first kappa shape index (κ1) is 16.9. The van der Waals surface area contributed by atoms with Gasteiger partial charge >= 0.3 is 0 Å². The Morgan fingerprint density at radius 1 is 0.857 bits per heavy atom. The van der Waals surface area contributed by atoms with E-state index in [1.54, 1.807) is 6.07 Å². The quantitative estimate of drug-likeness (QED) is 0.722. The summed E-state index contributed by atoms with van der Waals surface area (Å²) in [5.41, 5.74) is 2.20. The van der Waals surface area contributed by atoms with Crippen LogP contribution in [0.1, 0.15) is 11.1 Å². The molecule has 1 nitrogen and oxygen atoms in total. The van der Waals surface area contributed by atoms with Crippen molar-refractivity contribution in [3.8, 4) is 0 Å². The maximum Gasteiger partial charge on any atom is 0.0595 e. The van der Waals surface area contributed by atoms with E-state index in [1.165, 1.54) is 0 Å². The Morgan fingerprint density at radius 2 is 1.62 bits per heavy atom. The van der Waals surface area contributed by atoms with Gasteiger partial charge in [0.05, 0.1) is 10.0 Å². The normalized spacial score (nSPS) is 12.4. The lowest BCUT2D eigenvalue weighted by Gasteiger charge is -2.17. The molecular formula is C16H15Cl4N. The number of hydrogen-bond donors (Lipinski definition) is 1. The highest BCUT2D eigenvalue weighted by atomic mass is 35.5. The summed E-state index contributed by atoms with van der Waals surface area (Å²) in [6.45, 7) is 0. The predicted octanol–water partition coefficient (Wildman–Crippen LogP) is 5.67. The summed E-state index contributed by atoms with van der Waals surface area (Å²) in [4.78, 5) is 0. The first-order chi connectivity index (χ1) is 9.99. The SMILES string of the molecule is CNC(Cc1ccc(Cl)c(Cl)c1)Cc1ccc(Cl)cc1Cl. The van der Waals surface area contributed by atoms with Gasteiger partial charge in [-0.1, -0.05) is 58.5 Å². The van der Waals surface area contributed by atoms with Crippen molar-refractivity contribution in [1.82, 2.24) is 5.32 Å². The minimum Gasteiger partial charge on any atom is -0.316 e. The van der Waals surface area contributed by atoms with E-state index >= 15 is 0 Å². The summed E-state index contributed by atoms with van der Waals surface area (Å²) < 4.78 is 0. The summed E-state index contributed by atoms with van der Waals surface area (Å²) >= 11 is 24.1. The van der Waals surface area contributed by atoms with Crippen LogP contribution in [0, 0.1) is 0 Å². The van der Waals surface area contributed by atoms with Gasteiger partial charge in [-0.2, -0.15) is 0 Å². The third-order valence-corrected chi connectivity index (χ3v) is 4.68. The molecule has 112 valence electrons. The van der Waals surface area contributed by atoms with Gasteiger partial charge in [0.15, 0.2) is 0 Å². The monoisotopic (exact) mass is 361 g/mol. The molecule has 0 bridgehead atoms. The molecule has 0 radical (unpaired) electrons. The van der Waals surface area contributed by atoms with Crippen molar-refractivity contribution in [2.45, 2.75) is 18.9 Å². The summed E-state index contributed by atoms with van der Waals surface area (Å²) in [7, 11) is 1.94. The predicted molar refractivity (Wildman–Crippen MR) is 93.2 cm³/mol. The Labute approximate surface area is 145 Å². The minimum atomic E-state index is 0.251. The van der Waals surface area contributed by atoms with Gasteiger partial charge < -0.3 is 5.32 Å². The first-order valence-electron chi connectivity index (χ1n) is 6.54. The Balaban J connectivity index is 2.10. The summed E-state index contributed by atoms with van der Waals surface area (Å²) in [6, 6.07) is 11.5. The molecule has 21 heavy (non-hydrogen) atoms. The van der Waals surface area contributed by atoms with Crippen LogP contribution in [-0.4, -0.2) is 13.1 Å². The van der Waals surface area contributed by atoms with E-state index in [9.17, 15) is 0 Å². The number of benzene rings is 2. The van der Waals surface area contributed by atoms with Crippen molar-refractivity contribution in [3.63, 3.8) is 0 Å². The van der Waals surface area contributed by atoms with E-state index in [2.05, 4.69) is 5.32 Å². The number of rotatable bonds is 5. The Hall–Kier alpha value is -0.440. The molecule has 0 aliphatic heterocycles. The van der Waals surface area contributed by atoms with E-state index in [1.807, 2.05) is 37.4 Å². The number of hydrogen-bond acceptors (Lipinski definition) is 1. The van der Waals surface area contributed by atoms with Gasteiger partial charge in [-0.05, 0) is 55.3 Å². The minimum absolute atomic E-state index is 0.251. The smallest absolute Gasteiger partial charge is 0.0595 e. The molecule has 0 spiro atoms. The molecular weight excluding hydrogens is 348 g/mol. The van der Waals surface area contributed by atoms with Gasteiger partial charge in [-0.25, -0.2) is 0 Å². The van der Waals surface area contributed by atoms with Gasteiger partial charge in [0.1, 0.15) is 0 Å². The van der Waals surface area contributed by atoms with Gasteiger partial charge in [0.2, 0.25) is 0 Å². The van der Waals surface area contributed by atoms with Gasteiger partial charge in [0.25, 0.3) is 0 Å². The summed E-state index contributed by atoms with van der Waals surface area (Å²) in [5.74, 6) is 0. The van der Waals surface area contributed by atoms with Crippen molar-refractivity contribution in [3.05, 3.63) is 67.6 Å². The molecule has 0 heterocycles. The molecule has 1 atom stereocenters. The highest BCUT2D eigenvalue weighted by Crippen LogP contribution is 2.25. The third-order valence-electron chi connectivity index (χ3n) is 3.36. The Kier molecular flexibility index (Phi) is 6.21.